The molecule has 1 aliphatic heterocycles. The number of hydrogen-bond acceptors (Lipinski definition) is 4. The minimum absolute atomic E-state index is 0.0613. The number of nitrogens with two attached hydrogens (primary N) is 1. The molecule has 3 rings (SSSR count). The second-order valence-electron chi connectivity index (χ2n) is 5.57. The van der Waals surface area contributed by atoms with E-state index in [2.05, 4.69) is 4.98 Å². The van der Waals surface area contributed by atoms with E-state index in [1.807, 2.05) is 16.3 Å². The van der Waals surface area contributed by atoms with E-state index in [1.165, 1.54) is 23.5 Å². The van der Waals surface area contributed by atoms with E-state index in [4.69, 9.17) is 5.73 Å². The highest BCUT2D eigenvalue weighted by atomic mass is 32.1. The molecule has 2 aromatic rings. The predicted octanol–water partition coefficient (Wildman–Crippen LogP) is 2.44. The van der Waals surface area contributed by atoms with E-state index in [1.54, 1.807) is 6.07 Å². The largest absolute Gasteiger partial charge is 0.341 e. The van der Waals surface area contributed by atoms with Gasteiger partial charge in [-0.1, -0.05) is 12.1 Å². The van der Waals surface area contributed by atoms with Gasteiger partial charge in [-0.3, -0.25) is 4.79 Å². The summed E-state index contributed by atoms with van der Waals surface area (Å²) in [5.74, 6) is -0.223. The molecule has 4 nitrogen and oxygen atoms in total. The Bertz CT molecular complexity index is 673. The summed E-state index contributed by atoms with van der Waals surface area (Å²) in [6.45, 7) is 1.40. The first-order valence-corrected chi connectivity index (χ1v) is 8.23. The zero-order valence-electron chi connectivity index (χ0n) is 12.2. The monoisotopic (exact) mass is 319 g/mol. The molecule has 1 unspecified atom stereocenters. The first-order chi connectivity index (χ1) is 10.6. The number of carbonyl (C=O) groups excluding carboxylic acids is 1. The van der Waals surface area contributed by atoms with E-state index in [0.29, 0.717) is 6.54 Å². The van der Waals surface area contributed by atoms with Crippen LogP contribution in [0.3, 0.4) is 0 Å². The predicted molar refractivity (Wildman–Crippen MR) is 85.0 cm³/mol. The van der Waals surface area contributed by atoms with Gasteiger partial charge in [0, 0.05) is 30.1 Å². The molecule has 0 bridgehead atoms. The molecule has 0 radical (unpaired) electrons. The third kappa shape index (κ3) is 3.51. The van der Waals surface area contributed by atoms with Gasteiger partial charge in [0.1, 0.15) is 10.8 Å². The zero-order chi connectivity index (χ0) is 15.5. The highest BCUT2D eigenvalue weighted by Gasteiger charge is 2.22. The number of amides is 1. The average Bonchev–Trinajstić information content (AvgIpc) is 2.96. The lowest BCUT2D eigenvalue weighted by molar-refractivity contribution is -0.131. The van der Waals surface area contributed by atoms with Crippen LogP contribution in [0.4, 0.5) is 4.39 Å². The van der Waals surface area contributed by atoms with E-state index >= 15 is 0 Å². The molecule has 2 N–H and O–H groups in total. The summed E-state index contributed by atoms with van der Waals surface area (Å²) >= 11 is 1.43. The van der Waals surface area contributed by atoms with Crippen molar-refractivity contribution in [1.29, 1.82) is 0 Å². The molecule has 1 aromatic heterocycles. The molecule has 116 valence electrons. The van der Waals surface area contributed by atoms with Crippen LogP contribution in [0.15, 0.2) is 29.6 Å². The highest BCUT2D eigenvalue weighted by molar-refractivity contribution is 7.13. The number of nitrogens with zero attached hydrogens (tertiary/aromatic N) is 2. The van der Waals surface area contributed by atoms with E-state index in [9.17, 15) is 9.18 Å². The van der Waals surface area contributed by atoms with Crippen molar-refractivity contribution in [2.24, 2.45) is 5.73 Å². The Hall–Kier alpha value is -1.79. The fourth-order valence-corrected chi connectivity index (χ4v) is 3.46. The SMILES string of the molecule is NC1CCCN(C(=O)Cc2csc(-c3cccc(F)c3)n2)C1. The van der Waals surface area contributed by atoms with Gasteiger partial charge in [-0.2, -0.15) is 0 Å². The van der Waals surface area contributed by atoms with Crippen molar-refractivity contribution in [2.75, 3.05) is 13.1 Å². The number of benzene rings is 1. The topological polar surface area (TPSA) is 59.2 Å². The first-order valence-electron chi connectivity index (χ1n) is 7.35. The Labute approximate surface area is 132 Å². The molecule has 0 aliphatic carbocycles. The normalized spacial score (nSPS) is 18.5. The zero-order valence-corrected chi connectivity index (χ0v) is 13.0. The Morgan fingerprint density at radius 2 is 2.36 bits per heavy atom. The first kappa shape index (κ1) is 15.1. The summed E-state index contributed by atoms with van der Waals surface area (Å²) in [4.78, 5) is 18.6. The average molecular weight is 319 g/mol. The lowest BCUT2D eigenvalue weighted by Gasteiger charge is -2.30. The minimum atomic E-state index is -0.285. The number of halogens is 1. The molecule has 0 spiro atoms. The Morgan fingerprint density at radius 3 is 3.14 bits per heavy atom. The van der Waals surface area contributed by atoms with Crippen molar-refractivity contribution in [3.63, 3.8) is 0 Å². The van der Waals surface area contributed by atoms with Gasteiger partial charge in [0.2, 0.25) is 5.91 Å². The number of aromatic nitrogens is 1. The van der Waals surface area contributed by atoms with Crippen molar-refractivity contribution in [2.45, 2.75) is 25.3 Å². The maximum Gasteiger partial charge on any atom is 0.228 e. The fourth-order valence-electron chi connectivity index (χ4n) is 2.65. The molecular weight excluding hydrogens is 301 g/mol. The smallest absolute Gasteiger partial charge is 0.228 e. The molecule has 1 saturated heterocycles. The fraction of sp³-hybridized carbons (Fsp3) is 0.375. The summed E-state index contributed by atoms with van der Waals surface area (Å²) < 4.78 is 13.3. The van der Waals surface area contributed by atoms with Gasteiger partial charge in [-0.05, 0) is 25.0 Å². The van der Waals surface area contributed by atoms with Crippen molar-refractivity contribution in [3.8, 4) is 10.6 Å². The second kappa shape index (κ2) is 6.54. The van der Waals surface area contributed by atoms with Crippen molar-refractivity contribution in [1.82, 2.24) is 9.88 Å². The number of rotatable bonds is 3. The molecule has 1 aromatic carbocycles. The number of hydrogen-bond donors (Lipinski definition) is 1. The van der Waals surface area contributed by atoms with Gasteiger partial charge in [-0.25, -0.2) is 9.37 Å². The maximum atomic E-state index is 13.3. The number of piperidine rings is 1. The molecule has 22 heavy (non-hydrogen) atoms. The van der Waals surface area contributed by atoms with Gasteiger partial charge < -0.3 is 10.6 Å². The quantitative estimate of drug-likeness (QED) is 0.945. The lowest BCUT2D eigenvalue weighted by atomic mass is 10.1. The van der Waals surface area contributed by atoms with Crippen molar-refractivity contribution < 1.29 is 9.18 Å². The summed E-state index contributed by atoms with van der Waals surface area (Å²) in [7, 11) is 0. The number of likely N-dealkylation sites (tertiary alicyclic amines) is 1. The standard InChI is InChI=1S/C16H18FN3OS/c17-12-4-1-3-11(7-12)16-19-14(10-22-16)8-15(21)20-6-2-5-13(18)9-20/h1,3-4,7,10,13H,2,5-6,8-9,18H2. The van der Waals surface area contributed by atoms with Gasteiger partial charge in [0.05, 0.1) is 12.1 Å². The van der Waals surface area contributed by atoms with Gasteiger partial charge in [0.25, 0.3) is 0 Å². The van der Waals surface area contributed by atoms with Crippen LogP contribution in [-0.4, -0.2) is 34.9 Å². The third-order valence-electron chi connectivity index (χ3n) is 3.77. The summed E-state index contributed by atoms with van der Waals surface area (Å²) in [6.07, 6.45) is 2.21. The molecule has 1 aliphatic rings. The third-order valence-corrected chi connectivity index (χ3v) is 4.71. The minimum Gasteiger partial charge on any atom is -0.341 e. The molecule has 2 heterocycles. The molecular formula is C16H18FN3OS. The number of thiazole rings is 1. The van der Waals surface area contributed by atoms with E-state index in [0.717, 1.165) is 35.7 Å². The van der Waals surface area contributed by atoms with E-state index in [-0.39, 0.29) is 24.2 Å². The van der Waals surface area contributed by atoms with Gasteiger partial charge >= 0.3 is 0 Å². The van der Waals surface area contributed by atoms with Crippen molar-refractivity contribution >= 4 is 17.2 Å². The van der Waals surface area contributed by atoms with Crippen LogP contribution in [0.2, 0.25) is 0 Å². The molecule has 1 fully saturated rings. The van der Waals surface area contributed by atoms with Crippen LogP contribution >= 0.6 is 11.3 Å². The molecule has 6 heteroatoms. The molecule has 1 atom stereocenters. The number of carbonyl (C=O) groups is 1. The van der Waals surface area contributed by atoms with Crippen LogP contribution in [-0.2, 0) is 11.2 Å². The summed E-state index contributed by atoms with van der Waals surface area (Å²) in [5.41, 5.74) is 7.38. The Kier molecular flexibility index (Phi) is 4.49. The van der Waals surface area contributed by atoms with Crippen LogP contribution in [0.5, 0.6) is 0 Å². The van der Waals surface area contributed by atoms with Crippen molar-refractivity contribution in [3.05, 3.63) is 41.2 Å². The van der Waals surface area contributed by atoms with Crippen LogP contribution in [0, 0.1) is 5.82 Å². The molecule has 0 saturated carbocycles. The van der Waals surface area contributed by atoms with Crippen LogP contribution in [0.1, 0.15) is 18.5 Å². The van der Waals surface area contributed by atoms with Crippen LogP contribution < -0.4 is 5.73 Å². The van der Waals surface area contributed by atoms with Gasteiger partial charge in [0.15, 0.2) is 0 Å². The van der Waals surface area contributed by atoms with Crippen LogP contribution in [0.25, 0.3) is 10.6 Å². The lowest BCUT2D eigenvalue weighted by Crippen LogP contribution is -2.46. The van der Waals surface area contributed by atoms with E-state index < -0.39 is 0 Å². The Morgan fingerprint density at radius 1 is 1.50 bits per heavy atom. The highest BCUT2D eigenvalue weighted by Crippen LogP contribution is 2.24. The molecule has 1 amide bonds. The summed E-state index contributed by atoms with van der Waals surface area (Å²) in [5, 5.41) is 2.60. The van der Waals surface area contributed by atoms with Gasteiger partial charge in [-0.15, -0.1) is 11.3 Å². The maximum absolute atomic E-state index is 13.3. The summed E-state index contributed by atoms with van der Waals surface area (Å²) in [6, 6.07) is 6.41. The second-order valence-corrected chi connectivity index (χ2v) is 6.43. The Balaban J connectivity index is 1.68.